The molecular formula is C22H24Cl2N4OS. The number of carbonyl (C=O) groups is 1. The number of carbonyl (C=O) groups excluding carboxylic acids is 1. The molecule has 2 aromatic carbocycles. The number of unbranched alkanes of at least 4 members (excludes halogenated alkanes) is 1. The Morgan fingerprint density at radius 3 is 2.53 bits per heavy atom. The zero-order valence-electron chi connectivity index (χ0n) is 16.9. The number of nitrogens with one attached hydrogen (secondary N) is 1. The van der Waals surface area contributed by atoms with Gasteiger partial charge in [-0.1, -0.05) is 65.3 Å². The van der Waals surface area contributed by atoms with Gasteiger partial charge in [-0.2, -0.15) is 0 Å². The van der Waals surface area contributed by atoms with Crippen LogP contribution in [0.2, 0.25) is 10.0 Å². The van der Waals surface area contributed by atoms with Gasteiger partial charge in [-0.3, -0.25) is 9.36 Å². The SMILES string of the molecule is CC(C)NC(=O)CCCCSc1nnc(-c2ccccc2)n1-c1ccc(Cl)c(Cl)c1. The van der Waals surface area contributed by atoms with Gasteiger partial charge in [0.25, 0.3) is 0 Å². The van der Waals surface area contributed by atoms with E-state index in [1.165, 1.54) is 0 Å². The average Bonchev–Trinajstić information content (AvgIpc) is 3.14. The van der Waals surface area contributed by atoms with E-state index in [2.05, 4.69) is 15.5 Å². The first-order valence-corrected chi connectivity index (χ1v) is 11.6. The summed E-state index contributed by atoms with van der Waals surface area (Å²) in [5.74, 6) is 1.68. The number of thioether (sulfide) groups is 1. The van der Waals surface area contributed by atoms with Crippen molar-refractivity contribution in [2.45, 2.75) is 44.3 Å². The predicted molar refractivity (Wildman–Crippen MR) is 125 cm³/mol. The molecule has 3 aromatic rings. The summed E-state index contributed by atoms with van der Waals surface area (Å²) in [4.78, 5) is 11.8. The number of nitrogens with zero attached hydrogens (tertiary/aromatic N) is 3. The van der Waals surface area contributed by atoms with Crippen LogP contribution in [0.15, 0.2) is 53.7 Å². The molecule has 0 saturated carbocycles. The van der Waals surface area contributed by atoms with Crippen molar-refractivity contribution in [1.82, 2.24) is 20.1 Å². The topological polar surface area (TPSA) is 59.8 Å². The minimum absolute atomic E-state index is 0.0975. The number of amides is 1. The molecule has 0 radical (unpaired) electrons. The number of benzene rings is 2. The van der Waals surface area contributed by atoms with Gasteiger partial charge in [0.05, 0.1) is 15.7 Å². The lowest BCUT2D eigenvalue weighted by Gasteiger charge is -2.11. The molecule has 1 heterocycles. The lowest BCUT2D eigenvalue weighted by atomic mass is 10.2. The molecule has 1 amide bonds. The van der Waals surface area contributed by atoms with Gasteiger partial charge in [0.2, 0.25) is 5.91 Å². The van der Waals surface area contributed by atoms with Crippen LogP contribution in [0.1, 0.15) is 33.1 Å². The third kappa shape index (κ3) is 6.00. The molecule has 0 atom stereocenters. The number of aromatic nitrogens is 3. The Bertz CT molecular complexity index is 992. The largest absolute Gasteiger partial charge is 0.354 e. The first-order valence-electron chi connectivity index (χ1n) is 9.84. The molecule has 1 N–H and O–H groups in total. The first kappa shape index (κ1) is 22.7. The Morgan fingerprint density at radius 1 is 1.07 bits per heavy atom. The number of rotatable bonds is 9. The Balaban J connectivity index is 1.75. The fraction of sp³-hybridized carbons (Fsp3) is 0.318. The molecule has 0 fully saturated rings. The monoisotopic (exact) mass is 462 g/mol. The molecule has 0 spiro atoms. The minimum Gasteiger partial charge on any atom is -0.354 e. The van der Waals surface area contributed by atoms with Gasteiger partial charge in [0.15, 0.2) is 11.0 Å². The van der Waals surface area contributed by atoms with Crippen LogP contribution < -0.4 is 5.32 Å². The smallest absolute Gasteiger partial charge is 0.220 e. The Hall–Kier alpha value is -2.02. The Labute approximate surface area is 191 Å². The zero-order chi connectivity index (χ0) is 21.5. The molecule has 30 heavy (non-hydrogen) atoms. The van der Waals surface area contributed by atoms with Crippen molar-refractivity contribution in [2.24, 2.45) is 0 Å². The highest BCUT2D eigenvalue weighted by Crippen LogP contribution is 2.31. The van der Waals surface area contributed by atoms with Crippen molar-refractivity contribution >= 4 is 40.9 Å². The zero-order valence-corrected chi connectivity index (χ0v) is 19.3. The van der Waals surface area contributed by atoms with Gasteiger partial charge >= 0.3 is 0 Å². The van der Waals surface area contributed by atoms with Crippen molar-refractivity contribution in [3.63, 3.8) is 0 Å². The van der Waals surface area contributed by atoms with Gasteiger partial charge < -0.3 is 5.32 Å². The molecule has 5 nitrogen and oxygen atoms in total. The van der Waals surface area contributed by atoms with E-state index in [4.69, 9.17) is 23.2 Å². The lowest BCUT2D eigenvalue weighted by molar-refractivity contribution is -0.121. The summed E-state index contributed by atoms with van der Waals surface area (Å²) in [6.07, 6.45) is 2.27. The minimum atomic E-state index is 0.0975. The number of hydrogen-bond acceptors (Lipinski definition) is 4. The highest BCUT2D eigenvalue weighted by atomic mass is 35.5. The third-order valence-corrected chi connectivity index (χ3v) is 6.06. The van der Waals surface area contributed by atoms with Crippen LogP contribution in [-0.4, -0.2) is 32.5 Å². The van der Waals surface area contributed by atoms with E-state index >= 15 is 0 Å². The summed E-state index contributed by atoms with van der Waals surface area (Å²) in [6.45, 7) is 3.93. The summed E-state index contributed by atoms with van der Waals surface area (Å²) < 4.78 is 1.99. The summed E-state index contributed by atoms with van der Waals surface area (Å²) in [7, 11) is 0. The van der Waals surface area contributed by atoms with E-state index in [0.29, 0.717) is 16.5 Å². The van der Waals surface area contributed by atoms with E-state index in [-0.39, 0.29) is 11.9 Å². The maximum Gasteiger partial charge on any atom is 0.220 e. The normalized spacial score (nSPS) is 11.1. The van der Waals surface area contributed by atoms with Gasteiger partial charge in [-0.15, -0.1) is 10.2 Å². The van der Waals surface area contributed by atoms with Crippen LogP contribution in [0.3, 0.4) is 0 Å². The summed E-state index contributed by atoms with van der Waals surface area (Å²) in [5, 5.41) is 13.5. The van der Waals surface area contributed by atoms with Gasteiger partial charge in [0.1, 0.15) is 0 Å². The number of halogens is 2. The van der Waals surface area contributed by atoms with Crippen LogP contribution in [0.5, 0.6) is 0 Å². The lowest BCUT2D eigenvalue weighted by Crippen LogP contribution is -2.29. The third-order valence-electron chi connectivity index (χ3n) is 4.31. The maximum atomic E-state index is 11.8. The second-order valence-electron chi connectivity index (χ2n) is 7.13. The van der Waals surface area contributed by atoms with Crippen molar-refractivity contribution in [1.29, 1.82) is 0 Å². The molecule has 0 unspecified atom stereocenters. The Morgan fingerprint density at radius 2 is 1.83 bits per heavy atom. The van der Waals surface area contributed by atoms with E-state index in [9.17, 15) is 4.79 Å². The van der Waals surface area contributed by atoms with E-state index in [0.717, 1.165) is 40.8 Å². The van der Waals surface area contributed by atoms with Crippen molar-refractivity contribution < 1.29 is 4.79 Å². The highest BCUT2D eigenvalue weighted by molar-refractivity contribution is 7.99. The van der Waals surface area contributed by atoms with Crippen LogP contribution in [0, 0.1) is 0 Å². The molecule has 3 rings (SSSR count). The molecule has 1 aromatic heterocycles. The van der Waals surface area contributed by atoms with Gasteiger partial charge in [0, 0.05) is 23.8 Å². The van der Waals surface area contributed by atoms with Crippen molar-refractivity contribution in [3.8, 4) is 17.1 Å². The van der Waals surface area contributed by atoms with Crippen LogP contribution in [-0.2, 0) is 4.79 Å². The highest BCUT2D eigenvalue weighted by Gasteiger charge is 2.17. The predicted octanol–water partition coefficient (Wildman–Crippen LogP) is 6.03. The van der Waals surface area contributed by atoms with E-state index in [1.807, 2.05) is 60.9 Å². The Kier molecular flexibility index (Phi) is 8.19. The van der Waals surface area contributed by atoms with Crippen LogP contribution in [0.4, 0.5) is 0 Å². The second-order valence-corrected chi connectivity index (χ2v) is 9.01. The van der Waals surface area contributed by atoms with Crippen molar-refractivity contribution in [3.05, 3.63) is 58.6 Å². The molecule has 0 aliphatic rings. The van der Waals surface area contributed by atoms with E-state index < -0.39 is 0 Å². The number of hydrogen-bond donors (Lipinski definition) is 1. The van der Waals surface area contributed by atoms with Crippen molar-refractivity contribution in [2.75, 3.05) is 5.75 Å². The quantitative estimate of drug-likeness (QED) is 0.311. The fourth-order valence-corrected chi connectivity index (χ4v) is 4.18. The van der Waals surface area contributed by atoms with Gasteiger partial charge in [-0.05, 0) is 44.9 Å². The fourth-order valence-electron chi connectivity index (χ4n) is 2.94. The average molecular weight is 463 g/mol. The molecule has 0 bridgehead atoms. The molecule has 0 aliphatic carbocycles. The summed E-state index contributed by atoms with van der Waals surface area (Å²) >= 11 is 14.0. The van der Waals surface area contributed by atoms with Gasteiger partial charge in [-0.25, -0.2) is 0 Å². The molecule has 158 valence electrons. The maximum absolute atomic E-state index is 11.8. The summed E-state index contributed by atoms with van der Waals surface area (Å²) in [5.41, 5.74) is 1.82. The second kappa shape index (κ2) is 10.8. The first-order chi connectivity index (χ1) is 14.5. The van der Waals surface area contributed by atoms with E-state index in [1.54, 1.807) is 17.8 Å². The van der Waals surface area contributed by atoms with Crippen LogP contribution in [0.25, 0.3) is 17.1 Å². The molecule has 0 aliphatic heterocycles. The van der Waals surface area contributed by atoms with Crippen LogP contribution >= 0.6 is 35.0 Å². The molecule has 8 heteroatoms. The molecular weight excluding hydrogens is 439 g/mol. The standard InChI is InChI=1S/C22H24Cl2N4OS/c1-15(2)25-20(29)10-6-7-13-30-22-27-26-21(16-8-4-3-5-9-16)28(22)17-11-12-18(23)19(24)14-17/h3-5,8-9,11-12,14-15H,6-7,10,13H2,1-2H3,(H,25,29). The molecule has 0 saturated heterocycles. The summed E-state index contributed by atoms with van der Waals surface area (Å²) in [6, 6.07) is 15.6.